The number of esters is 2. The van der Waals surface area contributed by atoms with Crippen LogP contribution in [0, 0.1) is 5.92 Å². The molecule has 0 saturated carbocycles. The van der Waals surface area contributed by atoms with Gasteiger partial charge < -0.3 is 19.5 Å². The van der Waals surface area contributed by atoms with Gasteiger partial charge in [0.25, 0.3) is 0 Å². The van der Waals surface area contributed by atoms with Crippen molar-refractivity contribution < 1.29 is 23.8 Å². The highest BCUT2D eigenvalue weighted by Crippen LogP contribution is 2.08. The summed E-state index contributed by atoms with van der Waals surface area (Å²) in [6, 6.07) is 0. The summed E-state index contributed by atoms with van der Waals surface area (Å²) >= 11 is 0. The van der Waals surface area contributed by atoms with Crippen molar-refractivity contribution in [3.8, 4) is 0 Å². The molecule has 6 nitrogen and oxygen atoms in total. The van der Waals surface area contributed by atoms with Gasteiger partial charge in [-0.25, -0.2) is 0 Å². The molecule has 0 saturated heterocycles. The topological polar surface area (TPSA) is 73.9 Å². The molecule has 0 aliphatic rings. The van der Waals surface area contributed by atoms with Gasteiger partial charge in [0.15, 0.2) is 0 Å². The van der Waals surface area contributed by atoms with Crippen molar-refractivity contribution in [3.63, 3.8) is 0 Å². The zero-order valence-electron chi connectivity index (χ0n) is 17.0. The second-order valence-electron chi connectivity index (χ2n) is 6.71. The molecule has 154 valence electrons. The lowest BCUT2D eigenvalue weighted by molar-refractivity contribution is -0.150. The molecule has 26 heavy (non-hydrogen) atoms. The number of rotatable bonds is 18. The third-order valence-electron chi connectivity index (χ3n) is 4.03. The molecule has 0 aromatic carbocycles. The zero-order chi connectivity index (χ0) is 19.5. The van der Waals surface area contributed by atoms with Crippen LogP contribution >= 0.6 is 0 Å². The summed E-state index contributed by atoms with van der Waals surface area (Å²) < 4.78 is 15.7. The van der Waals surface area contributed by atoms with Crippen molar-refractivity contribution in [2.45, 2.75) is 71.6 Å². The summed E-state index contributed by atoms with van der Waals surface area (Å²) in [6.45, 7) is 6.62. The number of ether oxygens (including phenoxy) is 3. The molecule has 1 N–H and O–H groups in total. The third kappa shape index (κ3) is 16.3. The molecular formula is C20H39NO5. The maximum absolute atomic E-state index is 11.8. The molecule has 0 aromatic heterocycles. The van der Waals surface area contributed by atoms with Gasteiger partial charge in [-0.2, -0.15) is 0 Å². The maximum atomic E-state index is 11.8. The van der Waals surface area contributed by atoms with Crippen LogP contribution in [0.25, 0.3) is 0 Å². The Kier molecular flexibility index (Phi) is 17.8. The van der Waals surface area contributed by atoms with Gasteiger partial charge in [0.1, 0.15) is 0 Å². The Bertz CT molecular complexity index is 349. The first kappa shape index (κ1) is 24.9. The van der Waals surface area contributed by atoms with Crippen molar-refractivity contribution in [1.29, 1.82) is 0 Å². The fourth-order valence-corrected chi connectivity index (χ4v) is 2.49. The monoisotopic (exact) mass is 373 g/mol. The van der Waals surface area contributed by atoms with Crippen molar-refractivity contribution in [2.75, 3.05) is 40.0 Å². The highest BCUT2D eigenvalue weighted by atomic mass is 16.5. The Morgan fingerprint density at radius 1 is 0.769 bits per heavy atom. The van der Waals surface area contributed by atoms with E-state index in [1.807, 2.05) is 0 Å². The number of hydrogen-bond acceptors (Lipinski definition) is 6. The van der Waals surface area contributed by atoms with Gasteiger partial charge in [0.05, 0.1) is 32.2 Å². The molecule has 0 radical (unpaired) electrons. The molecule has 0 rings (SSSR count). The zero-order valence-corrected chi connectivity index (χ0v) is 17.0. The Balaban J connectivity index is 3.82. The summed E-state index contributed by atoms with van der Waals surface area (Å²) in [5.74, 6) is -0.550. The van der Waals surface area contributed by atoms with Crippen molar-refractivity contribution in [2.24, 2.45) is 5.92 Å². The lowest BCUT2D eigenvalue weighted by Crippen LogP contribution is -2.26. The quantitative estimate of drug-likeness (QED) is 0.293. The van der Waals surface area contributed by atoms with E-state index in [-0.39, 0.29) is 31.1 Å². The standard InChI is InChI=1S/C20H39NO5/c1-4-6-7-8-9-10-11-19(22)25-16-18(15-24-3)17-26-20(23)12-14-21-13-5-2/h18,21H,4-17H2,1-3H3. The smallest absolute Gasteiger partial charge is 0.307 e. The van der Waals surface area contributed by atoms with Crippen molar-refractivity contribution in [1.82, 2.24) is 5.32 Å². The highest BCUT2D eigenvalue weighted by Gasteiger charge is 2.15. The molecule has 1 unspecified atom stereocenters. The predicted molar refractivity (Wildman–Crippen MR) is 103 cm³/mol. The lowest BCUT2D eigenvalue weighted by Gasteiger charge is -2.16. The van der Waals surface area contributed by atoms with Gasteiger partial charge in [-0.15, -0.1) is 0 Å². The lowest BCUT2D eigenvalue weighted by atomic mass is 10.1. The van der Waals surface area contributed by atoms with Gasteiger partial charge in [-0.05, 0) is 19.4 Å². The summed E-state index contributed by atoms with van der Waals surface area (Å²) in [4.78, 5) is 23.5. The van der Waals surface area contributed by atoms with Crippen LogP contribution in [0.3, 0.4) is 0 Å². The van der Waals surface area contributed by atoms with E-state index in [0.29, 0.717) is 26.0 Å². The minimum absolute atomic E-state index is 0.124. The molecule has 1 atom stereocenters. The SMILES string of the molecule is CCCCCCCCC(=O)OCC(COC)COC(=O)CCNCCC. The highest BCUT2D eigenvalue weighted by molar-refractivity contribution is 5.69. The summed E-state index contributed by atoms with van der Waals surface area (Å²) in [6.07, 6.45) is 8.68. The minimum Gasteiger partial charge on any atom is -0.465 e. The van der Waals surface area contributed by atoms with Crippen molar-refractivity contribution in [3.05, 3.63) is 0 Å². The summed E-state index contributed by atoms with van der Waals surface area (Å²) in [7, 11) is 1.58. The number of carbonyl (C=O) groups excluding carboxylic acids is 2. The molecule has 0 amide bonds. The fourth-order valence-electron chi connectivity index (χ4n) is 2.49. The molecule has 0 aliphatic heterocycles. The van der Waals surface area contributed by atoms with Crippen molar-refractivity contribution >= 4 is 11.9 Å². The third-order valence-corrected chi connectivity index (χ3v) is 4.03. The van der Waals surface area contributed by atoms with Gasteiger partial charge >= 0.3 is 11.9 Å². The van der Waals surface area contributed by atoms with Crippen LogP contribution in [0.4, 0.5) is 0 Å². The summed E-state index contributed by atoms with van der Waals surface area (Å²) in [5.41, 5.74) is 0. The first-order valence-corrected chi connectivity index (χ1v) is 10.1. The average Bonchev–Trinajstić information content (AvgIpc) is 2.64. The number of methoxy groups -OCH3 is 1. The Morgan fingerprint density at radius 2 is 1.38 bits per heavy atom. The van der Waals surface area contributed by atoms with Gasteiger partial charge in [0, 0.05) is 20.1 Å². The van der Waals surface area contributed by atoms with Crippen LogP contribution in [-0.4, -0.2) is 52.0 Å². The van der Waals surface area contributed by atoms with E-state index in [4.69, 9.17) is 14.2 Å². The fraction of sp³-hybridized carbons (Fsp3) is 0.900. The predicted octanol–water partition coefficient (Wildman–Crippen LogP) is 3.48. The molecule has 0 bridgehead atoms. The largest absolute Gasteiger partial charge is 0.465 e. The van der Waals surface area contributed by atoms with Crippen LogP contribution in [-0.2, 0) is 23.8 Å². The van der Waals surface area contributed by atoms with E-state index in [1.165, 1.54) is 25.7 Å². The number of unbranched alkanes of at least 4 members (excludes halogenated alkanes) is 5. The molecule has 0 fully saturated rings. The molecule has 0 heterocycles. The Labute approximate surface area is 159 Å². The van der Waals surface area contributed by atoms with E-state index in [9.17, 15) is 9.59 Å². The van der Waals surface area contributed by atoms with Crippen LogP contribution < -0.4 is 5.32 Å². The molecule has 6 heteroatoms. The Hall–Kier alpha value is -1.14. The number of hydrogen-bond donors (Lipinski definition) is 1. The number of nitrogens with one attached hydrogen (secondary N) is 1. The summed E-state index contributed by atoms with van der Waals surface area (Å²) in [5, 5.41) is 3.16. The van der Waals surface area contributed by atoms with E-state index < -0.39 is 0 Å². The number of carbonyl (C=O) groups is 2. The Morgan fingerprint density at radius 3 is 2.00 bits per heavy atom. The second-order valence-corrected chi connectivity index (χ2v) is 6.71. The van der Waals surface area contributed by atoms with Crippen LogP contribution in [0.5, 0.6) is 0 Å². The van der Waals surface area contributed by atoms with Crippen LogP contribution in [0.2, 0.25) is 0 Å². The van der Waals surface area contributed by atoms with E-state index in [2.05, 4.69) is 19.2 Å². The van der Waals surface area contributed by atoms with Crippen LogP contribution in [0.15, 0.2) is 0 Å². The molecule has 0 aromatic rings. The van der Waals surface area contributed by atoms with Gasteiger partial charge in [0.2, 0.25) is 0 Å². The minimum atomic E-state index is -0.242. The first-order chi connectivity index (χ1) is 12.6. The van der Waals surface area contributed by atoms with E-state index >= 15 is 0 Å². The van der Waals surface area contributed by atoms with Gasteiger partial charge in [-0.1, -0.05) is 46.0 Å². The van der Waals surface area contributed by atoms with Crippen LogP contribution in [0.1, 0.15) is 71.6 Å². The molecular weight excluding hydrogens is 334 g/mol. The average molecular weight is 374 g/mol. The molecule has 0 spiro atoms. The maximum Gasteiger partial charge on any atom is 0.307 e. The molecule has 0 aliphatic carbocycles. The van der Waals surface area contributed by atoms with E-state index in [1.54, 1.807) is 7.11 Å². The normalized spacial score (nSPS) is 12.0. The van der Waals surface area contributed by atoms with E-state index in [0.717, 1.165) is 25.8 Å². The second kappa shape index (κ2) is 18.6. The van der Waals surface area contributed by atoms with Gasteiger partial charge in [-0.3, -0.25) is 9.59 Å². The first-order valence-electron chi connectivity index (χ1n) is 10.1.